The first kappa shape index (κ1) is 30.0. The van der Waals surface area contributed by atoms with Gasteiger partial charge >= 0.3 is 0 Å². The first-order valence-corrected chi connectivity index (χ1v) is 14.5. The Labute approximate surface area is 235 Å². The molecule has 0 aliphatic rings. The SMILES string of the molecule is CCNC(=O)[C@@H](C)N(Cc1ccccc1Cl)C(=O)CN(c1ccccc1OCC)S(=O)(=O)c1ccc(C)cc1. The van der Waals surface area contributed by atoms with Gasteiger partial charge in [0.15, 0.2) is 0 Å². The molecule has 0 bridgehead atoms. The van der Waals surface area contributed by atoms with Crippen LogP contribution in [-0.2, 0) is 26.2 Å². The smallest absolute Gasteiger partial charge is 0.264 e. The van der Waals surface area contributed by atoms with Gasteiger partial charge in [-0.25, -0.2) is 8.42 Å². The molecule has 8 nitrogen and oxygen atoms in total. The number of benzene rings is 3. The van der Waals surface area contributed by atoms with Crippen molar-refractivity contribution in [2.75, 3.05) is 24.0 Å². The van der Waals surface area contributed by atoms with Crippen LogP contribution in [0.5, 0.6) is 5.75 Å². The van der Waals surface area contributed by atoms with E-state index in [0.29, 0.717) is 29.5 Å². The lowest BCUT2D eigenvalue weighted by atomic mass is 10.1. The molecule has 3 aromatic rings. The Morgan fingerprint density at radius 2 is 1.62 bits per heavy atom. The molecule has 0 unspecified atom stereocenters. The number of rotatable bonds is 12. The number of nitrogens with one attached hydrogen (secondary N) is 1. The number of carbonyl (C=O) groups excluding carboxylic acids is 2. The van der Waals surface area contributed by atoms with Crippen LogP contribution in [0.3, 0.4) is 0 Å². The Morgan fingerprint density at radius 3 is 2.26 bits per heavy atom. The highest BCUT2D eigenvalue weighted by atomic mass is 35.5. The van der Waals surface area contributed by atoms with Crippen LogP contribution in [0.15, 0.2) is 77.7 Å². The van der Waals surface area contributed by atoms with Crippen molar-refractivity contribution in [2.24, 2.45) is 0 Å². The van der Waals surface area contributed by atoms with E-state index >= 15 is 0 Å². The summed E-state index contributed by atoms with van der Waals surface area (Å²) in [5, 5.41) is 3.17. The fraction of sp³-hybridized carbons (Fsp3) is 0.310. The zero-order valence-electron chi connectivity index (χ0n) is 22.6. The number of nitrogens with zero attached hydrogens (tertiary/aromatic N) is 2. The van der Waals surface area contributed by atoms with Crippen LogP contribution in [0.25, 0.3) is 0 Å². The van der Waals surface area contributed by atoms with Crippen molar-refractivity contribution in [1.29, 1.82) is 0 Å². The minimum atomic E-state index is -4.20. The second-order valence-electron chi connectivity index (χ2n) is 8.91. The standard InChI is InChI=1S/C29H34ClN3O5S/c1-5-31-29(35)22(4)32(19-23-11-7-8-12-25(23)30)28(34)20-33(26-13-9-10-14-27(26)38-6-2)39(36,37)24-17-15-21(3)16-18-24/h7-18,22H,5-6,19-20H2,1-4H3,(H,31,35)/t22-/m1/s1. The highest BCUT2D eigenvalue weighted by Gasteiger charge is 2.33. The zero-order valence-corrected chi connectivity index (χ0v) is 24.1. The van der Waals surface area contributed by atoms with Gasteiger partial charge in [-0.3, -0.25) is 13.9 Å². The number of anilines is 1. The summed E-state index contributed by atoms with van der Waals surface area (Å²) in [5.74, 6) is -0.617. The molecule has 0 fully saturated rings. The van der Waals surface area contributed by atoms with Gasteiger partial charge in [-0.05, 0) is 63.6 Å². The number of hydrogen-bond donors (Lipinski definition) is 1. The number of sulfonamides is 1. The maximum atomic E-state index is 14.0. The maximum absolute atomic E-state index is 14.0. The van der Waals surface area contributed by atoms with Crippen LogP contribution in [0.1, 0.15) is 31.9 Å². The van der Waals surface area contributed by atoms with Gasteiger partial charge in [-0.1, -0.05) is 59.6 Å². The van der Waals surface area contributed by atoms with Gasteiger partial charge in [0.25, 0.3) is 10.0 Å². The van der Waals surface area contributed by atoms with E-state index in [1.807, 2.05) is 6.92 Å². The summed E-state index contributed by atoms with van der Waals surface area (Å²) in [5.41, 5.74) is 1.75. The molecule has 3 rings (SSSR count). The number of likely N-dealkylation sites (N-methyl/N-ethyl adjacent to an activating group) is 1. The predicted octanol–water partition coefficient (Wildman–Crippen LogP) is 4.80. The van der Waals surface area contributed by atoms with E-state index in [4.69, 9.17) is 16.3 Å². The summed E-state index contributed by atoms with van der Waals surface area (Å²) in [7, 11) is -4.20. The summed E-state index contributed by atoms with van der Waals surface area (Å²) < 4.78 is 34.7. The first-order chi connectivity index (χ1) is 18.6. The monoisotopic (exact) mass is 571 g/mol. The molecule has 0 saturated heterocycles. The molecule has 0 aromatic heterocycles. The number of carbonyl (C=O) groups is 2. The Morgan fingerprint density at radius 1 is 0.974 bits per heavy atom. The lowest BCUT2D eigenvalue weighted by Crippen LogP contribution is -2.51. The van der Waals surface area contributed by atoms with Crippen LogP contribution in [0, 0.1) is 6.92 Å². The van der Waals surface area contributed by atoms with Crippen molar-refractivity contribution in [3.05, 3.63) is 88.9 Å². The van der Waals surface area contributed by atoms with E-state index in [-0.39, 0.29) is 23.0 Å². The molecule has 0 heterocycles. The summed E-state index contributed by atoms with van der Waals surface area (Å²) in [6.45, 7) is 7.18. The van der Waals surface area contributed by atoms with Gasteiger partial charge in [-0.2, -0.15) is 0 Å². The van der Waals surface area contributed by atoms with E-state index in [2.05, 4.69) is 5.32 Å². The number of halogens is 1. The van der Waals surface area contributed by atoms with Crippen LogP contribution < -0.4 is 14.4 Å². The molecular formula is C29H34ClN3O5S. The molecule has 39 heavy (non-hydrogen) atoms. The molecule has 0 radical (unpaired) electrons. The molecular weight excluding hydrogens is 538 g/mol. The minimum Gasteiger partial charge on any atom is -0.492 e. The Kier molecular flexibility index (Phi) is 10.4. The normalized spacial score (nSPS) is 11.9. The molecule has 2 amide bonds. The number of amides is 2. The topological polar surface area (TPSA) is 96.0 Å². The van der Waals surface area contributed by atoms with Crippen molar-refractivity contribution in [3.8, 4) is 5.75 Å². The lowest BCUT2D eigenvalue weighted by Gasteiger charge is -2.32. The zero-order chi connectivity index (χ0) is 28.6. The largest absolute Gasteiger partial charge is 0.492 e. The second kappa shape index (κ2) is 13.5. The van der Waals surface area contributed by atoms with Crippen molar-refractivity contribution >= 4 is 39.1 Å². The van der Waals surface area contributed by atoms with E-state index < -0.39 is 28.5 Å². The second-order valence-corrected chi connectivity index (χ2v) is 11.2. The van der Waals surface area contributed by atoms with Crippen LogP contribution in [0.2, 0.25) is 5.02 Å². The first-order valence-electron chi connectivity index (χ1n) is 12.7. The molecule has 3 aromatic carbocycles. The highest BCUT2D eigenvalue weighted by Crippen LogP contribution is 2.33. The molecule has 0 aliphatic heterocycles. The van der Waals surface area contributed by atoms with Crippen molar-refractivity contribution in [1.82, 2.24) is 10.2 Å². The van der Waals surface area contributed by atoms with Crippen LogP contribution in [0.4, 0.5) is 5.69 Å². The third-order valence-electron chi connectivity index (χ3n) is 6.14. The molecule has 1 atom stereocenters. The summed E-state index contributed by atoms with van der Waals surface area (Å²) in [6, 6.07) is 19.2. The molecule has 10 heteroatoms. The van der Waals surface area contributed by atoms with Gasteiger partial charge in [0, 0.05) is 18.1 Å². The van der Waals surface area contributed by atoms with Gasteiger partial charge in [-0.15, -0.1) is 0 Å². The van der Waals surface area contributed by atoms with Gasteiger partial charge in [0.1, 0.15) is 18.3 Å². The Bertz CT molecular complexity index is 1400. The van der Waals surface area contributed by atoms with Gasteiger partial charge < -0.3 is 15.0 Å². The predicted molar refractivity (Wildman–Crippen MR) is 153 cm³/mol. The summed E-state index contributed by atoms with van der Waals surface area (Å²) >= 11 is 6.38. The van der Waals surface area contributed by atoms with Crippen molar-refractivity contribution in [3.63, 3.8) is 0 Å². The highest BCUT2D eigenvalue weighted by molar-refractivity contribution is 7.92. The van der Waals surface area contributed by atoms with E-state index in [1.54, 1.807) is 81.4 Å². The fourth-order valence-corrected chi connectivity index (χ4v) is 5.63. The number of para-hydroxylation sites is 2. The third-order valence-corrected chi connectivity index (χ3v) is 8.28. The average Bonchev–Trinajstić information content (AvgIpc) is 2.91. The van der Waals surface area contributed by atoms with E-state index in [9.17, 15) is 18.0 Å². The molecule has 0 saturated carbocycles. The molecule has 1 N–H and O–H groups in total. The summed E-state index contributed by atoms with van der Waals surface area (Å²) in [4.78, 5) is 28.1. The third kappa shape index (κ3) is 7.30. The number of ether oxygens (including phenoxy) is 1. The number of hydrogen-bond acceptors (Lipinski definition) is 5. The summed E-state index contributed by atoms with van der Waals surface area (Å²) in [6.07, 6.45) is 0. The molecule has 208 valence electrons. The van der Waals surface area contributed by atoms with Crippen molar-refractivity contribution in [2.45, 2.75) is 45.2 Å². The van der Waals surface area contributed by atoms with Gasteiger partial charge in [0.2, 0.25) is 11.8 Å². The van der Waals surface area contributed by atoms with Gasteiger partial charge in [0.05, 0.1) is 17.2 Å². The van der Waals surface area contributed by atoms with Crippen LogP contribution in [-0.4, -0.2) is 50.9 Å². The Balaban J connectivity index is 2.09. The van der Waals surface area contributed by atoms with E-state index in [1.165, 1.54) is 17.0 Å². The lowest BCUT2D eigenvalue weighted by molar-refractivity contribution is -0.139. The maximum Gasteiger partial charge on any atom is 0.264 e. The molecule has 0 aliphatic carbocycles. The quantitative estimate of drug-likeness (QED) is 0.337. The number of aryl methyl sites for hydroxylation is 1. The Hall–Kier alpha value is -3.56. The molecule has 0 spiro atoms. The minimum absolute atomic E-state index is 0.0162. The average molecular weight is 572 g/mol. The van der Waals surface area contributed by atoms with E-state index in [0.717, 1.165) is 9.87 Å². The van der Waals surface area contributed by atoms with Crippen LogP contribution >= 0.6 is 11.6 Å². The van der Waals surface area contributed by atoms with Crippen molar-refractivity contribution < 1.29 is 22.7 Å². The fourth-order valence-electron chi connectivity index (χ4n) is 4.01.